The van der Waals surface area contributed by atoms with Crippen molar-refractivity contribution in [1.29, 1.82) is 0 Å². The van der Waals surface area contributed by atoms with Gasteiger partial charge in [-0.1, -0.05) is 31.5 Å². The fraction of sp³-hybridized carbons (Fsp3) is 0.500. The van der Waals surface area contributed by atoms with Crippen LogP contribution in [-0.4, -0.2) is 22.7 Å². The van der Waals surface area contributed by atoms with Crippen molar-refractivity contribution in [3.05, 3.63) is 33.5 Å². The van der Waals surface area contributed by atoms with Crippen LogP contribution in [-0.2, 0) is 11.3 Å². The largest absolute Gasteiger partial charge is 0.334 e. The predicted molar refractivity (Wildman–Crippen MR) is 84.0 cm³/mol. The van der Waals surface area contributed by atoms with Gasteiger partial charge < -0.3 is 4.90 Å². The van der Waals surface area contributed by atoms with Crippen LogP contribution in [0.3, 0.4) is 0 Å². The minimum Gasteiger partial charge on any atom is -0.334 e. The molecular formula is C14H19Cl2NOS. The van der Waals surface area contributed by atoms with Crippen molar-refractivity contribution in [3.8, 4) is 0 Å². The van der Waals surface area contributed by atoms with Crippen LogP contribution in [0.4, 0.5) is 0 Å². The van der Waals surface area contributed by atoms with E-state index in [2.05, 4.69) is 13.8 Å². The van der Waals surface area contributed by atoms with Gasteiger partial charge in [0.2, 0.25) is 5.91 Å². The zero-order valence-electron chi connectivity index (χ0n) is 11.4. The quantitative estimate of drug-likeness (QED) is 0.555. The molecule has 0 saturated heterocycles. The molecule has 5 heteroatoms. The number of hydrogen-bond acceptors (Lipinski definition) is 2. The van der Waals surface area contributed by atoms with E-state index in [1.807, 2.05) is 24.0 Å². The minimum atomic E-state index is -0.138. The first kappa shape index (κ1) is 16.5. The van der Waals surface area contributed by atoms with Crippen molar-refractivity contribution >= 4 is 40.4 Å². The normalized spacial score (nSPS) is 13.2. The summed E-state index contributed by atoms with van der Waals surface area (Å²) >= 11 is 13.2. The second kappa shape index (κ2) is 7.93. The summed E-state index contributed by atoms with van der Waals surface area (Å²) in [6.07, 6.45) is 3.26. The average Bonchev–Trinajstić information content (AvgIpc) is 2.70. The smallest absolute Gasteiger partial charge is 0.246 e. The molecule has 0 aromatic carbocycles. The fourth-order valence-corrected chi connectivity index (χ4v) is 2.79. The highest BCUT2D eigenvalue weighted by atomic mass is 35.5. The first-order valence-corrected chi connectivity index (χ1v) is 7.87. The van der Waals surface area contributed by atoms with Crippen molar-refractivity contribution in [2.45, 2.75) is 32.7 Å². The molecule has 19 heavy (non-hydrogen) atoms. The molecule has 0 unspecified atom stereocenters. The second-order valence-corrected chi connectivity index (χ2v) is 7.34. The highest BCUT2D eigenvalue weighted by Gasteiger charge is 2.14. The third-order valence-corrected chi connectivity index (χ3v) is 3.74. The Hall–Kier alpha value is -0.510. The van der Waals surface area contributed by atoms with Crippen LogP contribution in [0.5, 0.6) is 0 Å². The Morgan fingerprint density at radius 2 is 2.11 bits per heavy atom. The SMILES string of the molecule is CC(C)CN(Cc1ccc(Cl)s1)C(=O)/C=C/[C@@H](C)Cl. The van der Waals surface area contributed by atoms with Gasteiger partial charge in [0.25, 0.3) is 0 Å². The van der Waals surface area contributed by atoms with Gasteiger partial charge in [-0.25, -0.2) is 0 Å². The van der Waals surface area contributed by atoms with Crippen molar-refractivity contribution in [3.63, 3.8) is 0 Å². The highest BCUT2D eigenvalue weighted by molar-refractivity contribution is 7.16. The number of thiophene rings is 1. The third kappa shape index (κ3) is 6.46. The van der Waals surface area contributed by atoms with Crippen LogP contribution < -0.4 is 0 Å². The fourth-order valence-electron chi connectivity index (χ4n) is 1.62. The summed E-state index contributed by atoms with van der Waals surface area (Å²) in [5.74, 6) is 0.409. The van der Waals surface area contributed by atoms with Crippen LogP contribution in [0.15, 0.2) is 24.3 Å². The summed E-state index contributed by atoms with van der Waals surface area (Å²) < 4.78 is 0.747. The van der Waals surface area contributed by atoms with Gasteiger partial charge in [0, 0.05) is 22.9 Å². The zero-order valence-corrected chi connectivity index (χ0v) is 13.7. The number of halogens is 2. The number of carbonyl (C=O) groups is 1. The molecule has 1 heterocycles. The number of nitrogens with zero attached hydrogens (tertiary/aromatic N) is 1. The Bertz CT molecular complexity index is 440. The summed E-state index contributed by atoms with van der Waals surface area (Å²) in [5.41, 5.74) is 0. The van der Waals surface area contributed by atoms with Gasteiger partial charge in [-0.05, 0) is 25.0 Å². The molecule has 0 fully saturated rings. The topological polar surface area (TPSA) is 20.3 Å². The van der Waals surface area contributed by atoms with Gasteiger partial charge in [-0.15, -0.1) is 22.9 Å². The lowest BCUT2D eigenvalue weighted by Crippen LogP contribution is -2.32. The maximum absolute atomic E-state index is 12.1. The number of allylic oxidation sites excluding steroid dienone is 1. The molecule has 0 aliphatic heterocycles. The third-order valence-electron chi connectivity index (χ3n) is 2.38. The standard InChI is InChI=1S/C14H19Cl2NOS/c1-10(2)8-17(14(18)7-4-11(3)15)9-12-5-6-13(16)19-12/h4-7,10-11H,8-9H2,1-3H3/b7-4+/t11-/m1/s1. The number of alkyl halides is 1. The van der Waals surface area contributed by atoms with E-state index in [4.69, 9.17) is 23.2 Å². The van der Waals surface area contributed by atoms with E-state index in [1.165, 1.54) is 11.3 Å². The Kier molecular flexibility index (Phi) is 6.90. The Morgan fingerprint density at radius 3 is 2.58 bits per heavy atom. The van der Waals surface area contributed by atoms with Crippen LogP contribution in [0.25, 0.3) is 0 Å². The van der Waals surface area contributed by atoms with Crippen molar-refractivity contribution in [2.75, 3.05) is 6.54 Å². The molecule has 0 aliphatic rings. The van der Waals surface area contributed by atoms with Crippen LogP contribution in [0.1, 0.15) is 25.6 Å². The molecule has 1 aromatic heterocycles. The zero-order chi connectivity index (χ0) is 14.4. The number of hydrogen-bond donors (Lipinski definition) is 0. The maximum Gasteiger partial charge on any atom is 0.246 e. The van der Waals surface area contributed by atoms with E-state index in [9.17, 15) is 4.79 Å². The minimum absolute atomic E-state index is 0.00859. The molecule has 106 valence electrons. The molecule has 0 radical (unpaired) electrons. The van der Waals surface area contributed by atoms with Crippen molar-refractivity contribution in [1.82, 2.24) is 4.90 Å². The van der Waals surface area contributed by atoms with Gasteiger partial charge in [0.15, 0.2) is 0 Å². The van der Waals surface area contributed by atoms with E-state index >= 15 is 0 Å². The Balaban J connectivity index is 2.73. The maximum atomic E-state index is 12.1. The van der Waals surface area contributed by atoms with E-state index < -0.39 is 0 Å². The number of rotatable bonds is 6. The average molecular weight is 320 g/mol. The molecular weight excluding hydrogens is 301 g/mol. The van der Waals surface area contributed by atoms with Gasteiger partial charge in [-0.2, -0.15) is 0 Å². The summed E-state index contributed by atoms with van der Waals surface area (Å²) in [5, 5.41) is -0.138. The van der Waals surface area contributed by atoms with E-state index in [0.717, 1.165) is 15.8 Å². The second-order valence-electron chi connectivity index (χ2n) is 4.86. The van der Waals surface area contributed by atoms with Gasteiger partial charge in [-0.3, -0.25) is 4.79 Å². The number of amides is 1. The molecule has 1 atom stereocenters. The molecule has 1 rings (SSSR count). The Morgan fingerprint density at radius 1 is 1.42 bits per heavy atom. The van der Waals surface area contributed by atoms with Crippen molar-refractivity contribution < 1.29 is 4.79 Å². The Labute approximate surface area is 129 Å². The van der Waals surface area contributed by atoms with E-state index in [1.54, 1.807) is 12.2 Å². The molecule has 0 spiro atoms. The number of carbonyl (C=O) groups excluding carboxylic acids is 1. The monoisotopic (exact) mass is 319 g/mol. The van der Waals surface area contributed by atoms with Gasteiger partial charge in [0.05, 0.1) is 10.9 Å². The van der Waals surface area contributed by atoms with Crippen molar-refractivity contribution in [2.24, 2.45) is 5.92 Å². The first-order chi connectivity index (χ1) is 8.88. The lowest BCUT2D eigenvalue weighted by molar-refractivity contribution is -0.127. The molecule has 1 amide bonds. The molecule has 2 nitrogen and oxygen atoms in total. The summed E-state index contributed by atoms with van der Waals surface area (Å²) in [6.45, 7) is 7.33. The molecule has 0 aliphatic carbocycles. The predicted octanol–water partition coefficient (Wildman–Crippen LogP) is 4.57. The highest BCUT2D eigenvalue weighted by Crippen LogP contribution is 2.23. The van der Waals surface area contributed by atoms with Gasteiger partial charge >= 0.3 is 0 Å². The van der Waals surface area contributed by atoms with Crippen LogP contribution >= 0.6 is 34.5 Å². The molecule has 0 N–H and O–H groups in total. The molecule has 0 bridgehead atoms. The molecule has 0 saturated carbocycles. The molecule has 1 aromatic rings. The van der Waals surface area contributed by atoms with Gasteiger partial charge in [0.1, 0.15) is 0 Å². The van der Waals surface area contributed by atoms with E-state index in [-0.39, 0.29) is 11.3 Å². The lowest BCUT2D eigenvalue weighted by atomic mass is 10.2. The first-order valence-electron chi connectivity index (χ1n) is 6.24. The lowest BCUT2D eigenvalue weighted by Gasteiger charge is -2.22. The summed E-state index contributed by atoms with van der Waals surface area (Å²) in [4.78, 5) is 15.1. The summed E-state index contributed by atoms with van der Waals surface area (Å²) in [7, 11) is 0. The van der Waals surface area contributed by atoms with Crippen LogP contribution in [0.2, 0.25) is 4.34 Å². The summed E-state index contributed by atoms with van der Waals surface area (Å²) in [6, 6.07) is 3.82. The van der Waals surface area contributed by atoms with E-state index in [0.29, 0.717) is 12.5 Å². The van der Waals surface area contributed by atoms with Crippen LogP contribution in [0, 0.1) is 5.92 Å².